The first-order valence-electron chi connectivity index (χ1n) is 10.3. The summed E-state index contributed by atoms with van der Waals surface area (Å²) in [7, 11) is 4.74. The Morgan fingerprint density at radius 2 is 1.52 bits per heavy atom. The van der Waals surface area contributed by atoms with Gasteiger partial charge in [-0.3, -0.25) is 4.79 Å². The molecule has 4 rings (SSSR count). The minimum absolute atomic E-state index is 0.225. The molecule has 1 amide bonds. The Bertz CT molecular complexity index is 1190. The van der Waals surface area contributed by atoms with Crippen LogP contribution in [0.5, 0.6) is 17.2 Å². The van der Waals surface area contributed by atoms with Crippen LogP contribution >= 0.6 is 11.6 Å². The molecule has 0 bridgehead atoms. The molecular weight excluding hydrogens is 442 g/mol. The van der Waals surface area contributed by atoms with E-state index in [0.29, 0.717) is 27.8 Å². The van der Waals surface area contributed by atoms with Gasteiger partial charge in [-0.1, -0.05) is 35.9 Å². The second-order valence-corrected chi connectivity index (χ2v) is 7.99. The number of carbonyl (C=O) groups is 1. The standard InChI is InChI=1S/C26H24ClNO5/c1-31-20-11-6-16(7-12-20)23-24(17-4-9-19(27)10-5-17)28(26(30)25(23)29)15-18-8-13-21(32-2)14-22(18)33-3/h4-14,24,29H,15H2,1-3H3/t24-/m1/s1. The van der Waals surface area contributed by atoms with Crippen LogP contribution in [0.4, 0.5) is 0 Å². The Morgan fingerprint density at radius 3 is 2.12 bits per heavy atom. The average Bonchev–Trinajstić information content (AvgIpc) is 3.09. The lowest BCUT2D eigenvalue weighted by molar-refractivity contribution is -0.130. The minimum atomic E-state index is -0.519. The van der Waals surface area contributed by atoms with Gasteiger partial charge in [-0.05, 0) is 47.5 Å². The predicted octanol–water partition coefficient (Wildman–Crippen LogP) is 5.42. The largest absolute Gasteiger partial charge is 0.503 e. The molecule has 170 valence electrons. The van der Waals surface area contributed by atoms with Gasteiger partial charge in [0.05, 0.1) is 33.9 Å². The number of aliphatic hydroxyl groups excluding tert-OH is 1. The highest BCUT2D eigenvalue weighted by Crippen LogP contribution is 2.45. The second-order valence-electron chi connectivity index (χ2n) is 7.56. The number of ether oxygens (including phenoxy) is 3. The van der Waals surface area contributed by atoms with E-state index in [4.69, 9.17) is 25.8 Å². The minimum Gasteiger partial charge on any atom is -0.503 e. The highest BCUT2D eigenvalue weighted by atomic mass is 35.5. The molecule has 3 aromatic rings. The molecule has 0 spiro atoms. The number of methoxy groups -OCH3 is 3. The zero-order valence-corrected chi connectivity index (χ0v) is 19.3. The van der Waals surface area contributed by atoms with Crippen LogP contribution in [0.15, 0.2) is 72.5 Å². The first kappa shape index (κ1) is 22.6. The number of hydrogen-bond acceptors (Lipinski definition) is 5. The molecule has 6 nitrogen and oxygen atoms in total. The van der Waals surface area contributed by atoms with E-state index in [0.717, 1.165) is 16.7 Å². The van der Waals surface area contributed by atoms with Crippen molar-refractivity contribution < 1.29 is 24.1 Å². The number of benzene rings is 3. The van der Waals surface area contributed by atoms with Crippen molar-refractivity contribution in [2.24, 2.45) is 0 Å². The molecule has 1 aliphatic rings. The predicted molar refractivity (Wildman–Crippen MR) is 127 cm³/mol. The van der Waals surface area contributed by atoms with E-state index >= 15 is 0 Å². The zero-order chi connectivity index (χ0) is 23.5. The van der Waals surface area contributed by atoms with Crippen molar-refractivity contribution in [3.05, 3.63) is 94.2 Å². The topological polar surface area (TPSA) is 68.2 Å². The van der Waals surface area contributed by atoms with Gasteiger partial charge in [-0.25, -0.2) is 0 Å². The molecule has 33 heavy (non-hydrogen) atoms. The van der Waals surface area contributed by atoms with E-state index in [9.17, 15) is 9.90 Å². The van der Waals surface area contributed by atoms with E-state index in [2.05, 4.69) is 0 Å². The third-order valence-electron chi connectivity index (χ3n) is 5.73. The molecular formula is C26H24ClNO5. The van der Waals surface area contributed by atoms with Crippen LogP contribution in [0.25, 0.3) is 5.57 Å². The van der Waals surface area contributed by atoms with Crippen LogP contribution in [0, 0.1) is 0 Å². The molecule has 7 heteroatoms. The Kier molecular flexibility index (Phi) is 6.47. The molecule has 3 aromatic carbocycles. The fourth-order valence-electron chi connectivity index (χ4n) is 4.04. The first-order chi connectivity index (χ1) is 16.0. The maximum absolute atomic E-state index is 13.3. The molecule has 0 aromatic heterocycles. The van der Waals surface area contributed by atoms with E-state index in [1.54, 1.807) is 56.6 Å². The number of aliphatic hydroxyl groups is 1. The zero-order valence-electron chi connectivity index (χ0n) is 18.5. The van der Waals surface area contributed by atoms with Gasteiger partial charge in [0.1, 0.15) is 17.2 Å². The monoisotopic (exact) mass is 465 g/mol. The summed E-state index contributed by atoms with van der Waals surface area (Å²) in [5.41, 5.74) is 2.87. The maximum Gasteiger partial charge on any atom is 0.290 e. The first-order valence-corrected chi connectivity index (χ1v) is 10.7. The summed E-state index contributed by atoms with van der Waals surface area (Å²) in [5, 5.41) is 11.5. The second kappa shape index (κ2) is 9.46. The summed E-state index contributed by atoms with van der Waals surface area (Å²) in [4.78, 5) is 14.9. The van der Waals surface area contributed by atoms with Gasteiger partial charge in [-0.2, -0.15) is 0 Å². The van der Waals surface area contributed by atoms with Crippen molar-refractivity contribution in [2.45, 2.75) is 12.6 Å². The molecule has 0 saturated carbocycles. The van der Waals surface area contributed by atoms with Crippen molar-refractivity contribution in [1.29, 1.82) is 0 Å². The van der Waals surface area contributed by atoms with Crippen molar-refractivity contribution in [3.8, 4) is 17.2 Å². The maximum atomic E-state index is 13.3. The van der Waals surface area contributed by atoms with E-state index < -0.39 is 11.9 Å². The van der Waals surface area contributed by atoms with Gasteiger partial charge in [0.2, 0.25) is 0 Å². The Morgan fingerprint density at radius 1 is 0.879 bits per heavy atom. The molecule has 0 saturated heterocycles. The molecule has 1 atom stereocenters. The van der Waals surface area contributed by atoms with Crippen molar-refractivity contribution in [2.75, 3.05) is 21.3 Å². The van der Waals surface area contributed by atoms with E-state index in [1.807, 2.05) is 36.4 Å². The van der Waals surface area contributed by atoms with E-state index in [1.165, 1.54) is 0 Å². The van der Waals surface area contributed by atoms with E-state index in [-0.39, 0.29) is 12.3 Å². The SMILES string of the molecule is COc1ccc(C2=C(O)C(=O)N(Cc3ccc(OC)cc3OC)[C@@H]2c2ccc(Cl)cc2)cc1. The van der Waals surface area contributed by atoms with Crippen LogP contribution in [0.2, 0.25) is 5.02 Å². The Labute approximate surface area is 197 Å². The quantitative estimate of drug-likeness (QED) is 0.504. The van der Waals surface area contributed by atoms with Gasteiger partial charge in [-0.15, -0.1) is 0 Å². The normalized spacial score (nSPS) is 15.7. The lowest BCUT2D eigenvalue weighted by Gasteiger charge is -2.28. The highest BCUT2D eigenvalue weighted by Gasteiger charge is 2.41. The Balaban J connectivity index is 1.79. The lowest BCUT2D eigenvalue weighted by atomic mass is 9.93. The molecule has 0 fully saturated rings. The van der Waals surface area contributed by atoms with Gasteiger partial charge in [0, 0.05) is 22.2 Å². The van der Waals surface area contributed by atoms with Gasteiger partial charge >= 0.3 is 0 Å². The lowest BCUT2D eigenvalue weighted by Crippen LogP contribution is -2.30. The molecule has 0 radical (unpaired) electrons. The summed E-state index contributed by atoms with van der Waals surface area (Å²) in [6.45, 7) is 0.225. The average molecular weight is 466 g/mol. The van der Waals surface area contributed by atoms with Crippen LogP contribution in [0.3, 0.4) is 0 Å². The number of carbonyl (C=O) groups excluding carboxylic acids is 1. The fourth-order valence-corrected chi connectivity index (χ4v) is 4.17. The molecule has 1 heterocycles. The number of rotatable bonds is 7. The van der Waals surface area contributed by atoms with Crippen molar-refractivity contribution in [3.63, 3.8) is 0 Å². The van der Waals surface area contributed by atoms with Crippen molar-refractivity contribution in [1.82, 2.24) is 4.90 Å². The van der Waals surface area contributed by atoms with Crippen LogP contribution < -0.4 is 14.2 Å². The molecule has 0 aliphatic carbocycles. The number of hydrogen-bond donors (Lipinski definition) is 1. The summed E-state index contributed by atoms with van der Waals surface area (Å²) in [5.74, 6) is 1.18. The summed E-state index contributed by atoms with van der Waals surface area (Å²) in [6, 6.07) is 19.4. The molecule has 0 unspecified atom stereocenters. The smallest absolute Gasteiger partial charge is 0.290 e. The molecule has 1 N–H and O–H groups in total. The van der Waals surface area contributed by atoms with Crippen molar-refractivity contribution >= 4 is 23.1 Å². The van der Waals surface area contributed by atoms with Gasteiger partial charge < -0.3 is 24.2 Å². The number of halogens is 1. The van der Waals surface area contributed by atoms with Gasteiger partial charge in [0.15, 0.2) is 5.76 Å². The van der Waals surface area contributed by atoms with Crippen LogP contribution in [-0.4, -0.2) is 37.2 Å². The third kappa shape index (κ3) is 4.34. The summed E-state index contributed by atoms with van der Waals surface area (Å²) < 4.78 is 16.1. The van der Waals surface area contributed by atoms with Gasteiger partial charge in [0.25, 0.3) is 5.91 Å². The highest BCUT2D eigenvalue weighted by molar-refractivity contribution is 6.30. The van der Waals surface area contributed by atoms with Crippen LogP contribution in [0.1, 0.15) is 22.7 Å². The van der Waals surface area contributed by atoms with Crippen LogP contribution in [-0.2, 0) is 11.3 Å². The third-order valence-corrected chi connectivity index (χ3v) is 5.98. The summed E-state index contributed by atoms with van der Waals surface area (Å²) in [6.07, 6.45) is 0. The summed E-state index contributed by atoms with van der Waals surface area (Å²) >= 11 is 6.11. The number of amides is 1. The Hall–Kier alpha value is -3.64. The molecule has 1 aliphatic heterocycles. The number of nitrogens with zero attached hydrogens (tertiary/aromatic N) is 1. The fraction of sp³-hybridized carbons (Fsp3) is 0.192.